The number of nitrogens with one attached hydrogen (secondary N) is 1. The minimum Gasteiger partial charge on any atom is -0.453 e. The first-order chi connectivity index (χ1) is 12.3. The Balaban J connectivity index is 1.73. The lowest BCUT2D eigenvalue weighted by Gasteiger charge is -2.14. The molecule has 1 aliphatic rings. The number of hydrogen-bond donors (Lipinski definition) is 1. The van der Waals surface area contributed by atoms with Gasteiger partial charge in [0.05, 0.1) is 16.9 Å². The number of anilines is 1. The highest BCUT2D eigenvalue weighted by molar-refractivity contribution is 7.89. The van der Waals surface area contributed by atoms with Crippen molar-refractivity contribution in [3.05, 3.63) is 59.7 Å². The second kappa shape index (κ2) is 6.89. The summed E-state index contributed by atoms with van der Waals surface area (Å²) in [6.45, 7) is 0. The van der Waals surface area contributed by atoms with Crippen molar-refractivity contribution in [3.8, 4) is 0 Å². The third kappa shape index (κ3) is 3.47. The van der Waals surface area contributed by atoms with E-state index in [4.69, 9.17) is 4.74 Å². The first kappa shape index (κ1) is 18.1. The van der Waals surface area contributed by atoms with Gasteiger partial charge in [0.2, 0.25) is 15.9 Å². The molecule has 136 valence electrons. The van der Waals surface area contributed by atoms with Crippen molar-refractivity contribution in [3.63, 3.8) is 0 Å². The van der Waals surface area contributed by atoms with E-state index in [1.54, 1.807) is 36.4 Å². The lowest BCUT2D eigenvalue weighted by molar-refractivity contribution is -0.118. The van der Waals surface area contributed by atoms with Crippen molar-refractivity contribution in [1.29, 1.82) is 0 Å². The van der Waals surface area contributed by atoms with E-state index in [1.165, 1.54) is 26.2 Å². The molecular weight excluding hydrogens is 356 g/mol. The first-order valence-electron chi connectivity index (χ1n) is 7.91. The van der Waals surface area contributed by atoms with E-state index in [9.17, 15) is 18.0 Å². The Morgan fingerprint density at radius 3 is 2.62 bits per heavy atom. The molecule has 0 fully saturated rings. The summed E-state index contributed by atoms with van der Waals surface area (Å²) in [5, 5.41) is 2.65. The topological polar surface area (TPSA) is 92.8 Å². The molecule has 8 heteroatoms. The number of carbonyl (C=O) groups is 2. The molecule has 1 unspecified atom stereocenters. The third-order valence-electron chi connectivity index (χ3n) is 4.04. The van der Waals surface area contributed by atoms with Gasteiger partial charge in [-0.3, -0.25) is 4.79 Å². The number of rotatable bonds is 5. The zero-order valence-corrected chi connectivity index (χ0v) is 15.1. The molecule has 0 aromatic heterocycles. The number of fused-ring (bicyclic) bond motifs is 1. The summed E-state index contributed by atoms with van der Waals surface area (Å²) in [6.07, 6.45) is -0.694. The number of nitrogens with zero attached hydrogens (tertiary/aromatic N) is 1. The summed E-state index contributed by atoms with van der Waals surface area (Å²) in [7, 11) is -0.718. The molecule has 1 atom stereocenters. The molecule has 1 heterocycles. The molecule has 2 aromatic carbocycles. The van der Waals surface area contributed by atoms with Crippen LogP contribution in [0.25, 0.3) is 0 Å². The largest absolute Gasteiger partial charge is 0.453 e. The molecule has 0 saturated heterocycles. The fraction of sp³-hybridized carbons (Fsp3) is 0.222. The van der Waals surface area contributed by atoms with Gasteiger partial charge < -0.3 is 10.1 Å². The van der Waals surface area contributed by atoms with Crippen molar-refractivity contribution >= 4 is 27.6 Å². The van der Waals surface area contributed by atoms with Crippen molar-refractivity contribution in [2.75, 3.05) is 19.4 Å². The van der Waals surface area contributed by atoms with Crippen molar-refractivity contribution in [2.45, 2.75) is 17.4 Å². The summed E-state index contributed by atoms with van der Waals surface area (Å²) < 4.78 is 30.7. The zero-order chi connectivity index (χ0) is 18.9. The van der Waals surface area contributed by atoms with Gasteiger partial charge in [-0.15, -0.1) is 0 Å². The fourth-order valence-corrected chi connectivity index (χ4v) is 3.65. The maximum absolute atomic E-state index is 12.3. The Kier molecular flexibility index (Phi) is 4.80. The predicted molar refractivity (Wildman–Crippen MR) is 95.2 cm³/mol. The van der Waals surface area contributed by atoms with Gasteiger partial charge in [0.25, 0.3) is 0 Å². The highest BCUT2D eigenvalue weighted by Crippen LogP contribution is 2.33. The van der Waals surface area contributed by atoms with Crippen LogP contribution in [0.4, 0.5) is 5.69 Å². The molecule has 26 heavy (non-hydrogen) atoms. The Morgan fingerprint density at radius 2 is 1.88 bits per heavy atom. The van der Waals surface area contributed by atoms with E-state index in [0.29, 0.717) is 16.8 Å². The number of amides is 1. The van der Waals surface area contributed by atoms with Gasteiger partial charge in [0, 0.05) is 25.3 Å². The molecule has 0 saturated carbocycles. The van der Waals surface area contributed by atoms with Crippen LogP contribution in [0.5, 0.6) is 0 Å². The van der Waals surface area contributed by atoms with Gasteiger partial charge in [-0.2, -0.15) is 0 Å². The molecule has 0 bridgehead atoms. The average Bonchev–Trinajstić information content (AvgIpc) is 2.91. The first-order valence-corrected chi connectivity index (χ1v) is 9.35. The van der Waals surface area contributed by atoms with Crippen LogP contribution < -0.4 is 5.32 Å². The molecule has 0 spiro atoms. The number of carbonyl (C=O) groups excluding carboxylic acids is 2. The molecule has 2 aromatic rings. The van der Waals surface area contributed by atoms with E-state index in [1.807, 2.05) is 0 Å². The molecule has 1 aliphatic heterocycles. The number of benzene rings is 2. The van der Waals surface area contributed by atoms with E-state index >= 15 is 0 Å². The lowest BCUT2D eigenvalue weighted by atomic mass is 10.0. The van der Waals surface area contributed by atoms with E-state index in [-0.39, 0.29) is 17.2 Å². The minimum atomic E-state index is -3.59. The molecule has 1 N–H and O–H groups in total. The second-order valence-corrected chi connectivity index (χ2v) is 8.20. The number of sulfonamides is 1. The average molecular weight is 374 g/mol. The third-order valence-corrected chi connectivity index (χ3v) is 5.86. The standard InChI is InChI=1S/C18H18N2O5S/c1-20(2)26(23,24)13-7-5-6-12(10-13)19-17(21)11-16-14-8-3-4-9-15(14)18(22)25-16/h3-10,16H,11H2,1-2H3,(H,19,21). The molecule has 3 rings (SSSR count). The van der Waals surface area contributed by atoms with Crippen LogP contribution in [0.15, 0.2) is 53.4 Å². The summed E-state index contributed by atoms with van der Waals surface area (Å²) in [4.78, 5) is 24.2. The summed E-state index contributed by atoms with van der Waals surface area (Å²) in [5.74, 6) is -0.823. The number of ether oxygens (including phenoxy) is 1. The number of esters is 1. The highest BCUT2D eigenvalue weighted by Gasteiger charge is 2.32. The van der Waals surface area contributed by atoms with Crippen LogP contribution >= 0.6 is 0 Å². The molecule has 0 radical (unpaired) electrons. The van der Waals surface area contributed by atoms with Crippen LogP contribution in [-0.4, -0.2) is 38.7 Å². The van der Waals surface area contributed by atoms with Crippen LogP contribution in [-0.2, 0) is 19.6 Å². The smallest absolute Gasteiger partial charge is 0.339 e. The maximum Gasteiger partial charge on any atom is 0.339 e. The van der Waals surface area contributed by atoms with Gasteiger partial charge in [-0.05, 0) is 24.3 Å². The second-order valence-electron chi connectivity index (χ2n) is 6.05. The molecule has 1 amide bonds. The predicted octanol–water partition coefficient (Wildman–Crippen LogP) is 2.18. The Morgan fingerprint density at radius 1 is 1.15 bits per heavy atom. The molecule has 7 nitrogen and oxygen atoms in total. The Hall–Kier alpha value is -2.71. The van der Waals surface area contributed by atoms with Gasteiger partial charge in [0.15, 0.2) is 0 Å². The number of hydrogen-bond acceptors (Lipinski definition) is 5. The van der Waals surface area contributed by atoms with Crippen LogP contribution in [0.2, 0.25) is 0 Å². The van der Waals surface area contributed by atoms with Crippen molar-refractivity contribution in [2.24, 2.45) is 0 Å². The lowest BCUT2D eigenvalue weighted by Crippen LogP contribution is -2.22. The quantitative estimate of drug-likeness (QED) is 0.810. The maximum atomic E-state index is 12.3. The normalized spacial score (nSPS) is 16.3. The highest BCUT2D eigenvalue weighted by atomic mass is 32.2. The number of cyclic esters (lactones) is 1. The van der Waals surface area contributed by atoms with Gasteiger partial charge in [-0.25, -0.2) is 17.5 Å². The van der Waals surface area contributed by atoms with E-state index in [0.717, 1.165) is 4.31 Å². The Bertz CT molecular complexity index is 969. The minimum absolute atomic E-state index is 0.0482. The van der Waals surface area contributed by atoms with Crippen molar-refractivity contribution < 1.29 is 22.7 Å². The molecular formula is C18H18N2O5S. The van der Waals surface area contributed by atoms with Crippen LogP contribution in [0.1, 0.15) is 28.4 Å². The monoisotopic (exact) mass is 374 g/mol. The Labute approximate surface area is 151 Å². The summed E-state index contributed by atoms with van der Waals surface area (Å²) in [6, 6.07) is 12.9. The SMILES string of the molecule is CN(C)S(=O)(=O)c1cccc(NC(=O)CC2OC(=O)c3ccccc32)c1. The van der Waals surface area contributed by atoms with Crippen molar-refractivity contribution in [1.82, 2.24) is 4.31 Å². The fourth-order valence-electron chi connectivity index (χ4n) is 2.70. The van der Waals surface area contributed by atoms with E-state index < -0.39 is 22.1 Å². The molecule has 0 aliphatic carbocycles. The summed E-state index contributed by atoms with van der Waals surface area (Å²) >= 11 is 0. The zero-order valence-electron chi connectivity index (χ0n) is 14.3. The van der Waals surface area contributed by atoms with Gasteiger partial charge >= 0.3 is 5.97 Å². The van der Waals surface area contributed by atoms with Gasteiger partial charge in [0.1, 0.15) is 6.10 Å². The van der Waals surface area contributed by atoms with Crippen LogP contribution in [0, 0.1) is 0 Å². The van der Waals surface area contributed by atoms with Crippen LogP contribution in [0.3, 0.4) is 0 Å². The van der Waals surface area contributed by atoms with Gasteiger partial charge in [-0.1, -0.05) is 24.3 Å². The summed E-state index contributed by atoms with van der Waals surface area (Å²) in [5.41, 5.74) is 1.50. The van der Waals surface area contributed by atoms with E-state index in [2.05, 4.69) is 5.32 Å².